The molecule has 0 aliphatic rings. The van der Waals surface area contributed by atoms with Gasteiger partial charge in [-0.05, 0) is 69.3 Å². The van der Waals surface area contributed by atoms with Gasteiger partial charge in [0.25, 0.3) is 20.2 Å². The molecule has 0 aliphatic heterocycles. The molecule has 228 valence electrons. The van der Waals surface area contributed by atoms with Crippen molar-refractivity contribution in [1.29, 1.82) is 0 Å². The predicted octanol–water partition coefficient (Wildman–Crippen LogP) is 4.94. The second-order valence-electron chi connectivity index (χ2n) is 9.65. The molecule has 0 saturated heterocycles. The summed E-state index contributed by atoms with van der Waals surface area (Å²) in [5.74, 6) is -0.225. The third kappa shape index (κ3) is 8.65. The Hall–Kier alpha value is -3.75. The number of benzene rings is 4. The van der Waals surface area contributed by atoms with Crippen molar-refractivity contribution in [2.75, 3.05) is 13.2 Å². The third-order valence-electron chi connectivity index (χ3n) is 6.07. The van der Waals surface area contributed by atoms with Crippen LogP contribution in [0.15, 0.2) is 112 Å². The van der Waals surface area contributed by atoms with Crippen molar-refractivity contribution in [3.05, 3.63) is 114 Å². The standard InChI is InChI=1S/C30H30O10S3/c1-22-8-14-26(15-9-22)41(31,32)38-21-25(39-42(33,34)27-16-10-23(2)11-17-27)20-37-29-6-4-5-7-30(29)40-43(35,36)28-18-12-24(3)13-19-28/h4-19,25H,20-21H2,1-3H3. The van der Waals surface area contributed by atoms with Crippen molar-refractivity contribution >= 4 is 30.4 Å². The maximum Gasteiger partial charge on any atom is 0.339 e. The lowest BCUT2D eigenvalue weighted by Gasteiger charge is -2.19. The number of hydrogen-bond acceptors (Lipinski definition) is 10. The molecule has 0 aliphatic carbocycles. The van der Waals surface area contributed by atoms with E-state index in [1.165, 1.54) is 54.6 Å². The summed E-state index contributed by atoms with van der Waals surface area (Å²) >= 11 is 0. The van der Waals surface area contributed by atoms with Crippen LogP contribution in [0.1, 0.15) is 16.7 Å². The molecule has 0 saturated carbocycles. The summed E-state index contributed by atoms with van der Waals surface area (Å²) in [5.41, 5.74) is 2.52. The minimum absolute atomic E-state index is 0.0547. The summed E-state index contributed by atoms with van der Waals surface area (Å²) in [5, 5.41) is 0. The molecule has 0 aromatic heterocycles. The van der Waals surface area contributed by atoms with Crippen LogP contribution in [-0.2, 0) is 38.7 Å². The van der Waals surface area contributed by atoms with E-state index in [0.717, 1.165) is 16.7 Å². The molecule has 4 aromatic rings. The lowest BCUT2D eigenvalue weighted by molar-refractivity contribution is 0.0877. The molecular weight excluding hydrogens is 617 g/mol. The van der Waals surface area contributed by atoms with E-state index in [2.05, 4.69) is 0 Å². The first kappa shape index (κ1) is 32.2. The lowest BCUT2D eigenvalue weighted by atomic mass is 10.2. The Morgan fingerprint density at radius 2 is 0.930 bits per heavy atom. The van der Waals surface area contributed by atoms with Crippen LogP contribution in [0.2, 0.25) is 0 Å². The topological polar surface area (TPSA) is 139 Å². The first-order valence-electron chi connectivity index (χ1n) is 12.9. The molecule has 4 aromatic carbocycles. The zero-order valence-corrected chi connectivity index (χ0v) is 26.0. The molecule has 0 N–H and O–H groups in total. The van der Waals surface area contributed by atoms with E-state index in [-0.39, 0.29) is 26.2 Å². The molecule has 0 fully saturated rings. The molecule has 0 spiro atoms. The van der Waals surface area contributed by atoms with Gasteiger partial charge in [0.1, 0.15) is 17.6 Å². The summed E-state index contributed by atoms with van der Waals surface area (Å²) < 4.78 is 99.0. The highest BCUT2D eigenvalue weighted by atomic mass is 32.2. The fourth-order valence-electron chi connectivity index (χ4n) is 3.67. The first-order valence-corrected chi connectivity index (χ1v) is 17.2. The van der Waals surface area contributed by atoms with E-state index in [1.54, 1.807) is 56.3 Å². The van der Waals surface area contributed by atoms with E-state index in [4.69, 9.17) is 17.3 Å². The SMILES string of the molecule is Cc1ccc(S(=O)(=O)OCC(COc2ccccc2OS(=O)(=O)c2ccc(C)cc2)OS(=O)(=O)c2ccc(C)cc2)cc1. The summed E-state index contributed by atoms with van der Waals surface area (Å²) in [4.78, 5) is -0.357. The summed E-state index contributed by atoms with van der Waals surface area (Å²) in [6.07, 6.45) is -1.46. The maximum atomic E-state index is 13.0. The van der Waals surface area contributed by atoms with Crippen LogP contribution in [0.3, 0.4) is 0 Å². The first-order chi connectivity index (χ1) is 20.2. The van der Waals surface area contributed by atoms with Gasteiger partial charge in [-0.15, -0.1) is 0 Å². The molecule has 10 nitrogen and oxygen atoms in total. The molecule has 1 unspecified atom stereocenters. The van der Waals surface area contributed by atoms with Gasteiger partial charge in [-0.25, -0.2) is 0 Å². The monoisotopic (exact) mass is 646 g/mol. The van der Waals surface area contributed by atoms with E-state index < -0.39 is 49.7 Å². The highest BCUT2D eigenvalue weighted by Crippen LogP contribution is 2.30. The summed E-state index contributed by atoms with van der Waals surface area (Å²) in [7, 11) is -12.9. The smallest absolute Gasteiger partial charge is 0.339 e. The Labute approximate surface area is 252 Å². The fraction of sp³-hybridized carbons (Fsp3) is 0.200. The number of para-hydroxylation sites is 2. The molecule has 0 amide bonds. The highest BCUT2D eigenvalue weighted by molar-refractivity contribution is 7.87. The number of aryl methyl sites for hydroxylation is 3. The molecule has 0 heterocycles. The van der Waals surface area contributed by atoms with Crippen LogP contribution >= 0.6 is 0 Å². The average Bonchev–Trinajstić information content (AvgIpc) is 2.95. The van der Waals surface area contributed by atoms with Gasteiger partial charge in [0.2, 0.25) is 0 Å². The van der Waals surface area contributed by atoms with Crippen molar-refractivity contribution in [1.82, 2.24) is 0 Å². The Morgan fingerprint density at radius 3 is 1.42 bits per heavy atom. The third-order valence-corrected chi connectivity index (χ3v) is 9.99. The quantitative estimate of drug-likeness (QED) is 0.184. The molecule has 1 atom stereocenters. The summed E-state index contributed by atoms with van der Waals surface area (Å²) in [6.45, 7) is 4.12. The Morgan fingerprint density at radius 1 is 0.512 bits per heavy atom. The van der Waals surface area contributed by atoms with Crippen LogP contribution in [0.25, 0.3) is 0 Å². The Kier molecular flexibility index (Phi) is 9.93. The highest BCUT2D eigenvalue weighted by Gasteiger charge is 2.27. The zero-order valence-electron chi connectivity index (χ0n) is 23.5. The van der Waals surface area contributed by atoms with Gasteiger partial charge in [0, 0.05) is 0 Å². The number of rotatable bonds is 13. The minimum atomic E-state index is -4.38. The van der Waals surface area contributed by atoms with Gasteiger partial charge in [0.05, 0.1) is 16.4 Å². The molecule has 0 bridgehead atoms. The van der Waals surface area contributed by atoms with Crippen molar-refractivity contribution in [3.63, 3.8) is 0 Å². The second kappa shape index (κ2) is 13.3. The van der Waals surface area contributed by atoms with Gasteiger partial charge in [-0.2, -0.15) is 25.3 Å². The largest absolute Gasteiger partial charge is 0.487 e. The average molecular weight is 647 g/mol. The van der Waals surface area contributed by atoms with E-state index >= 15 is 0 Å². The van der Waals surface area contributed by atoms with E-state index in [0.29, 0.717) is 0 Å². The van der Waals surface area contributed by atoms with Crippen molar-refractivity contribution in [3.8, 4) is 11.5 Å². The zero-order chi connectivity index (χ0) is 31.3. The van der Waals surface area contributed by atoms with Gasteiger partial charge >= 0.3 is 10.1 Å². The van der Waals surface area contributed by atoms with Crippen LogP contribution in [0.4, 0.5) is 0 Å². The Balaban J connectivity index is 1.56. The van der Waals surface area contributed by atoms with E-state index in [9.17, 15) is 25.3 Å². The molecule has 0 radical (unpaired) electrons. The van der Waals surface area contributed by atoms with Crippen molar-refractivity contribution in [2.45, 2.75) is 41.6 Å². The van der Waals surface area contributed by atoms with Crippen LogP contribution in [0, 0.1) is 20.8 Å². The molecular formula is C30H30O10S3. The van der Waals surface area contributed by atoms with Gasteiger partial charge in [-0.3, -0.25) is 8.37 Å². The van der Waals surface area contributed by atoms with Gasteiger partial charge < -0.3 is 8.92 Å². The molecule has 13 heteroatoms. The minimum Gasteiger partial charge on any atom is -0.487 e. The van der Waals surface area contributed by atoms with Crippen LogP contribution in [0.5, 0.6) is 11.5 Å². The van der Waals surface area contributed by atoms with Gasteiger partial charge in [-0.1, -0.05) is 65.2 Å². The molecule has 4 rings (SSSR count). The van der Waals surface area contributed by atoms with Crippen LogP contribution < -0.4 is 8.92 Å². The van der Waals surface area contributed by atoms with E-state index in [1.807, 2.05) is 6.92 Å². The number of hydrogen-bond donors (Lipinski definition) is 0. The normalized spacial score (nSPS) is 12.9. The van der Waals surface area contributed by atoms with Crippen molar-refractivity contribution in [2.24, 2.45) is 0 Å². The van der Waals surface area contributed by atoms with Gasteiger partial charge in [0.15, 0.2) is 11.5 Å². The maximum absolute atomic E-state index is 13.0. The Bertz CT molecular complexity index is 1870. The van der Waals surface area contributed by atoms with Crippen LogP contribution in [-0.4, -0.2) is 44.6 Å². The fourth-order valence-corrected chi connectivity index (χ4v) is 6.60. The summed E-state index contributed by atoms with van der Waals surface area (Å²) in [6, 6.07) is 23.7. The predicted molar refractivity (Wildman–Crippen MR) is 158 cm³/mol. The second-order valence-corrected chi connectivity index (χ2v) is 14.4. The lowest BCUT2D eigenvalue weighted by Crippen LogP contribution is -2.31. The van der Waals surface area contributed by atoms with Crippen molar-refractivity contribution < 1.29 is 42.5 Å². The molecule has 43 heavy (non-hydrogen) atoms. The number of ether oxygens (including phenoxy) is 1.